The Balaban J connectivity index is 1.40. The summed E-state index contributed by atoms with van der Waals surface area (Å²) < 4.78 is 29.0. The highest BCUT2D eigenvalue weighted by molar-refractivity contribution is 7.77. The number of benzene rings is 2. The molecule has 0 spiro atoms. The average Bonchev–Trinajstić information content (AvgIpc) is 2.72. The lowest BCUT2D eigenvalue weighted by molar-refractivity contribution is 0.133. The van der Waals surface area contributed by atoms with E-state index in [0.29, 0.717) is 6.54 Å². The summed E-state index contributed by atoms with van der Waals surface area (Å²) in [7, 11) is 0. The molecule has 5 nitrogen and oxygen atoms in total. The van der Waals surface area contributed by atoms with Crippen LogP contribution in [0.25, 0.3) is 0 Å². The van der Waals surface area contributed by atoms with Crippen LogP contribution in [-0.2, 0) is 35.5 Å². The summed E-state index contributed by atoms with van der Waals surface area (Å²) in [6.07, 6.45) is 5.62. The van der Waals surface area contributed by atoms with Crippen LogP contribution in [-0.4, -0.2) is 28.5 Å². The predicted molar refractivity (Wildman–Crippen MR) is 113 cm³/mol. The molecule has 0 aliphatic heterocycles. The molecule has 0 heterocycles. The zero-order valence-corrected chi connectivity index (χ0v) is 17.2. The minimum atomic E-state index is -2.21. The van der Waals surface area contributed by atoms with Gasteiger partial charge in [-0.2, -0.15) is 0 Å². The van der Waals surface area contributed by atoms with E-state index < -0.39 is 11.3 Å². The second-order valence-electron chi connectivity index (χ2n) is 6.81. The van der Waals surface area contributed by atoms with Crippen molar-refractivity contribution < 1.29 is 13.5 Å². The van der Waals surface area contributed by atoms with E-state index in [-0.39, 0.29) is 0 Å². The van der Waals surface area contributed by atoms with Crippen molar-refractivity contribution in [2.75, 3.05) is 19.8 Å². The molecule has 0 aliphatic rings. The zero-order chi connectivity index (χ0) is 19.9. The van der Waals surface area contributed by atoms with Crippen LogP contribution in [0, 0.1) is 0 Å². The molecule has 2 rings (SSSR count). The monoisotopic (exact) mass is 403 g/mol. The van der Waals surface area contributed by atoms with Crippen LogP contribution in [0.3, 0.4) is 0 Å². The maximum atomic E-state index is 10.5. The SMILES string of the molecule is O=S([O-])NCc1ccc(CCOCCCCCCNCc2ccccc2)cc1. The van der Waals surface area contributed by atoms with Crippen LogP contribution in [0.2, 0.25) is 0 Å². The molecule has 28 heavy (non-hydrogen) atoms. The molecule has 0 amide bonds. The maximum absolute atomic E-state index is 10.5. The van der Waals surface area contributed by atoms with Gasteiger partial charge in [0.1, 0.15) is 0 Å². The first-order chi connectivity index (χ1) is 13.7. The molecule has 0 aromatic heterocycles. The van der Waals surface area contributed by atoms with Gasteiger partial charge in [-0.25, -0.2) is 4.72 Å². The normalized spacial score (nSPS) is 12.2. The quantitative estimate of drug-likeness (QED) is 0.353. The van der Waals surface area contributed by atoms with E-state index in [1.165, 1.54) is 30.4 Å². The van der Waals surface area contributed by atoms with Gasteiger partial charge in [-0.05, 0) is 42.5 Å². The lowest BCUT2D eigenvalue weighted by atomic mass is 10.1. The van der Waals surface area contributed by atoms with Crippen molar-refractivity contribution in [3.63, 3.8) is 0 Å². The Bertz CT molecular complexity index is 665. The van der Waals surface area contributed by atoms with Gasteiger partial charge in [0.05, 0.1) is 6.61 Å². The molecule has 154 valence electrons. The average molecular weight is 404 g/mol. The third-order valence-electron chi connectivity index (χ3n) is 4.52. The largest absolute Gasteiger partial charge is 0.760 e. The standard InChI is InChI=1S/C22H32N2O3S/c25-28(26)24-19-22-12-10-20(11-13-22)14-17-27-16-7-2-1-6-15-23-18-21-8-4-3-5-9-21/h3-5,8-13,23-24H,1-2,6-7,14-19H2,(H,25,26)/p-1. The second-order valence-corrected chi connectivity index (χ2v) is 7.57. The summed E-state index contributed by atoms with van der Waals surface area (Å²) in [6.45, 7) is 3.87. The molecular weight excluding hydrogens is 372 g/mol. The number of unbranched alkanes of at least 4 members (excludes halogenated alkanes) is 3. The summed E-state index contributed by atoms with van der Waals surface area (Å²) in [4.78, 5) is 0. The van der Waals surface area contributed by atoms with Crippen LogP contribution in [0.1, 0.15) is 42.4 Å². The zero-order valence-electron chi connectivity index (χ0n) is 16.4. The van der Waals surface area contributed by atoms with E-state index in [1.807, 2.05) is 30.3 Å². The van der Waals surface area contributed by atoms with Gasteiger partial charge in [0.2, 0.25) is 0 Å². The number of rotatable bonds is 15. The summed E-state index contributed by atoms with van der Waals surface area (Å²) in [5, 5.41) is 3.48. The lowest BCUT2D eigenvalue weighted by Gasteiger charge is -2.08. The molecule has 2 N–H and O–H groups in total. The van der Waals surface area contributed by atoms with Gasteiger partial charge in [0.15, 0.2) is 0 Å². The van der Waals surface area contributed by atoms with Crippen molar-refractivity contribution in [1.82, 2.24) is 10.0 Å². The fourth-order valence-corrected chi connectivity index (χ4v) is 3.18. The highest BCUT2D eigenvalue weighted by atomic mass is 32.2. The molecular formula is C22H31N2O3S-. The minimum Gasteiger partial charge on any atom is -0.760 e. The molecule has 2 aromatic carbocycles. The first-order valence-electron chi connectivity index (χ1n) is 9.97. The van der Waals surface area contributed by atoms with Crippen LogP contribution in [0.5, 0.6) is 0 Å². The van der Waals surface area contributed by atoms with Crippen LogP contribution in [0.15, 0.2) is 54.6 Å². The first kappa shape index (κ1) is 22.7. The molecule has 0 radical (unpaired) electrons. The Kier molecular flexibility index (Phi) is 11.7. The van der Waals surface area contributed by atoms with Gasteiger partial charge in [0, 0.05) is 31.0 Å². The number of nitrogens with one attached hydrogen (secondary N) is 2. The fourth-order valence-electron chi connectivity index (χ4n) is 2.89. The minimum absolute atomic E-state index is 0.328. The Morgan fingerprint density at radius 2 is 1.46 bits per heavy atom. The molecule has 6 heteroatoms. The smallest absolute Gasteiger partial charge is 0.0506 e. The maximum Gasteiger partial charge on any atom is 0.0506 e. The Morgan fingerprint density at radius 3 is 2.21 bits per heavy atom. The Hall–Kier alpha value is -1.57. The molecule has 0 aliphatic carbocycles. The fraction of sp³-hybridized carbons (Fsp3) is 0.455. The Labute approximate surface area is 171 Å². The molecule has 2 aromatic rings. The molecule has 0 fully saturated rings. The van der Waals surface area contributed by atoms with E-state index in [2.05, 4.69) is 34.3 Å². The second kappa shape index (κ2) is 14.4. The number of ether oxygens (including phenoxy) is 1. The van der Waals surface area contributed by atoms with Crippen LogP contribution < -0.4 is 10.0 Å². The van der Waals surface area contributed by atoms with E-state index in [0.717, 1.165) is 44.7 Å². The number of hydrogen-bond donors (Lipinski definition) is 2. The van der Waals surface area contributed by atoms with Crippen molar-refractivity contribution in [1.29, 1.82) is 0 Å². The van der Waals surface area contributed by atoms with Crippen molar-refractivity contribution in [2.24, 2.45) is 0 Å². The highest BCUT2D eigenvalue weighted by Gasteiger charge is 1.97. The summed E-state index contributed by atoms with van der Waals surface area (Å²) in [5.74, 6) is 0. The topological polar surface area (TPSA) is 73.4 Å². The van der Waals surface area contributed by atoms with Gasteiger partial charge in [0.25, 0.3) is 0 Å². The van der Waals surface area contributed by atoms with Gasteiger partial charge in [-0.1, -0.05) is 67.4 Å². The predicted octanol–water partition coefficient (Wildman–Crippen LogP) is 3.48. The van der Waals surface area contributed by atoms with Crippen LogP contribution in [0.4, 0.5) is 0 Å². The number of hydrogen-bond acceptors (Lipinski definition) is 4. The first-order valence-corrected chi connectivity index (χ1v) is 11.0. The molecule has 1 atom stereocenters. The third kappa shape index (κ3) is 10.7. The highest BCUT2D eigenvalue weighted by Crippen LogP contribution is 2.06. The summed E-state index contributed by atoms with van der Waals surface area (Å²) in [6, 6.07) is 18.4. The van der Waals surface area contributed by atoms with Crippen molar-refractivity contribution >= 4 is 11.3 Å². The molecule has 0 bridgehead atoms. The summed E-state index contributed by atoms with van der Waals surface area (Å²) >= 11 is -2.21. The molecule has 1 unspecified atom stereocenters. The molecule has 0 saturated heterocycles. The van der Waals surface area contributed by atoms with Crippen LogP contribution >= 0.6 is 0 Å². The summed E-state index contributed by atoms with van der Waals surface area (Å²) in [5.41, 5.74) is 3.49. The van der Waals surface area contributed by atoms with Gasteiger partial charge in [-0.15, -0.1) is 0 Å². The van der Waals surface area contributed by atoms with E-state index in [4.69, 9.17) is 4.74 Å². The van der Waals surface area contributed by atoms with Gasteiger partial charge in [-0.3, -0.25) is 4.21 Å². The van der Waals surface area contributed by atoms with E-state index in [9.17, 15) is 8.76 Å². The van der Waals surface area contributed by atoms with E-state index >= 15 is 0 Å². The van der Waals surface area contributed by atoms with Crippen molar-refractivity contribution in [2.45, 2.75) is 45.2 Å². The van der Waals surface area contributed by atoms with E-state index in [1.54, 1.807) is 0 Å². The molecule has 0 saturated carbocycles. The lowest BCUT2D eigenvalue weighted by Crippen LogP contribution is -2.15. The van der Waals surface area contributed by atoms with Gasteiger partial charge < -0.3 is 14.6 Å². The van der Waals surface area contributed by atoms with Crippen molar-refractivity contribution in [3.8, 4) is 0 Å². The Morgan fingerprint density at radius 1 is 0.786 bits per heavy atom. The third-order valence-corrected chi connectivity index (χ3v) is 4.90. The van der Waals surface area contributed by atoms with Crippen molar-refractivity contribution in [3.05, 3.63) is 71.3 Å². The van der Waals surface area contributed by atoms with Gasteiger partial charge >= 0.3 is 0 Å².